The van der Waals surface area contributed by atoms with Crippen molar-refractivity contribution in [2.24, 2.45) is 5.92 Å². The first-order valence-corrected chi connectivity index (χ1v) is 13.3. The van der Waals surface area contributed by atoms with Crippen molar-refractivity contribution in [3.05, 3.63) is 23.2 Å². The summed E-state index contributed by atoms with van der Waals surface area (Å²) in [6.45, 7) is 6.12. The number of nitrogens with one attached hydrogen (secondary N) is 1. The van der Waals surface area contributed by atoms with Crippen molar-refractivity contribution in [3.63, 3.8) is 0 Å². The highest BCUT2D eigenvalue weighted by molar-refractivity contribution is 7.18. The second kappa shape index (κ2) is 12.1. The first-order chi connectivity index (χ1) is 16.9. The molecule has 9 nitrogen and oxygen atoms in total. The highest BCUT2D eigenvalue weighted by Crippen LogP contribution is 2.27. The summed E-state index contributed by atoms with van der Waals surface area (Å²) >= 11 is 1.65. The van der Waals surface area contributed by atoms with E-state index < -0.39 is 12.1 Å². The fourth-order valence-electron chi connectivity index (χ4n) is 5.11. The molecule has 0 radical (unpaired) electrons. The van der Waals surface area contributed by atoms with E-state index in [0.717, 1.165) is 67.1 Å². The number of fused-ring (bicyclic) bond motifs is 1. The number of carboxylic acid groups (broad SMARTS) is 1. The molecule has 1 saturated carbocycles. The van der Waals surface area contributed by atoms with Crippen molar-refractivity contribution in [2.75, 3.05) is 45.9 Å². The van der Waals surface area contributed by atoms with Gasteiger partial charge in [0.15, 0.2) is 0 Å². The van der Waals surface area contributed by atoms with Crippen LogP contribution in [0.4, 0.5) is 0 Å². The number of carbonyl (C=O) groups is 2. The van der Waals surface area contributed by atoms with Crippen molar-refractivity contribution in [1.29, 1.82) is 0 Å². The van der Waals surface area contributed by atoms with E-state index in [9.17, 15) is 14.7 Å². The quantitative estimate of drug-likeness (QED) is 0.451. The lowest BCUT2D eigenvalue weighted by Gasteiger charge is -2.36. The first kappa shape index (κ1) is 25.8. The predicted octanol–water partition coefficient (Wildman–Crippen LogP) is 2.11. The van der Waals surface area contributed by atoms with E-state index >= 15 is 0 Å². The Hall–Kier alpha value is -2.27. The number of aromatic nitrogens is 1. The minimum atomic E-state index is -0.796. The summed E-state index contributed by atoms with van der Waals surface area (Å²) in [6, 6.07) is 5.78. The average Bonchev–Trinajstić information content (AvgIpc) is 3.19. The van der Waals surface area contributed by atoms with Crippen LogP contribution in [-0.2, 0) is 9.59 Å². The van der Waals surface area contributed by atoms with Crippen molar-refractivity contribution in [1.82, 2.24) is 20.1 Å². The van der Waals surface area contributed by atoms with Crippen LogP contribution in [-0.4, -0.2) is 94.9 Å². The Balaban J connectivity index is 1.15. The molecule has 2 heterocycles. The molecule has 1 aliphatic heterocycles. The summed E-state index contributed by atoms with van der Waals surface area (Å²) in [4.78, 5) is 32.5. The summed E-state index contributed by atoms with van der Waals surface area (Å²) in [5.41, 5.74) is 0.917. The molecule has 1 amide bonds. The molecule has 2 aliphatic rings. The number of hydrogen-bond acceptors (Lipinski definition) is 8. The number of benzene rings is 1. The van der Waals surface area contributed by atoms with Crippen LogP contribution in [0.15, 0.2) is 18.2 Å². The molecule has 2 unspecified atom stereocenters. The maximum atomic E-state index is 12.6. The number of amides is 1. The van der Waals surface area contributed by atoms with Crippen LogP contribution >= 0.6 is 11.3 Å². The van der Waals surface area contributed by atoms with E-state index in [1.165, 1.54) is 0 Å². The first-order valence-electron chi connectivity index (χ1n) is 12.5. The Morgan fingerprint density at radius 1 is 1.20 bits per heavy atom. The van der Waals surface area contributed by atoms with Gasteiger partial charge in [-0.3, -0.25) is 19.4 Å². The molecular formula is C25H36N4O5S. The highest BCUT2D eigenvalue weighted by atomic mass is 32.1. The van der Waals surface area contributed by atoms with Gasteiger partial charge in [0.25, 0.3) is 0 Å². The number of carboxylic acids is 1. The number of aliphatic hydroxyl groups excluding tert-OH is 1. The molecule has 3 N–H and O–H groups in total. The van der Waals surface area contributed by atoms with E-state index in [4.69, 9.17) is 9.84 Å². The van der Waals surface area contributed by atoms with Gasteiger partial charge < -0.3 is 20.3 Å². The molecule has 0 spiro atoms. The zero-order valence-corrected chi connectivity index (χ0v) is 21.1. The minimum Gasteiger partial charge on any atom is -0.491 e. The summed E-state index contributed by atoms with van der Waals surface area (Å²) < 4.78 is 6.92. The Morgan fingerprint density at radius 3 is 2.71 bits per heavy atom. The smallest absolute Gasteiger partial charge is 0.303 e. The maximum absolute atomic E-state index is 12.6. The molecule has 10 heteroatoms. The molecule has 3 atom stereocenters. The van der Waals surface area contributed by atoms with Crippen molar-refractivity contribution >= 4 is 33.4 Å². The molecule has 35 heavy (non-hydrogen) atoms. The number of aliphatic hydroxyl groups is 1. The van der Waals surface area contributed by atoms with Crippen LogP contribution in [0.3, 0.4) is 0 Å². The SMILES string of the molecule is Cc1nc2cc(OC[C@H](O)CN3CCN(CC(=O)NC4CCCCC4CC(=O)O)CC3)ccc2s1. The van der Waals surface area contributed by atoms with Gasteiger partial charge >= 0.3 is 5.97 Å². The molecule has 0 bridgehead atoms. The summed E-state index contributed by atoms with van der Waals surface area (Å²) in [5, 5.41) is 23.7. The second-order valence-electron chi connectivity index (χ2n) is 9.72. The average molecular weight is 505 g/mol. The second-order valence-corrected chi connectivity index (χ2v) is 11.0. The van der Waals surface area contributed by atoms with E-state index in [1.807, 2.05) is 25.1 Å². The molecule has 1 saturated heterocycles. The number of β-amino-alcohol motifs (C(OH)–C–C–N with tert-alkyl or cyclic N) is 1. The zero-order chi connectivity index (χ0) is 24.8. The van der Waals surface area contributed by atoms with Gasteiger partial charge in [-0.25, -0.2) is 4.98 Å². The molecule has 1 aromatic carbocycles. The number of thiazole rings is 1. The van der Waals surface area contributed by atoms with Gasteiger partial charge in [-0.15, -0.1) is 11.3 Å². The number of aliphatic carboxylic acids is 1. The fraction of sp³-hybridized carbons (Fsp3) is 0.640. The van der Waals surface area contributed by atoms with Crippen LogP contribution in [0.2, 0.25) is 0 Å². The van der Waals surface area contributed by atoms with Gasteiger partial charge in [-0.2, -0.15) is 0 Å². The van der Waals surface area contributed by atoms with Gasteiger partial charge in [0.1, 0.15) is 18.5 Å². The minimum absolute atomic E-state index is 0.0262. The standard InChI is InChI=1S/C25H36N4O5S/c1-17-26-22-13-20(6-7-23(22)35-17)34-16-19(30)14-28-8-10-29(11-9-28)15-24(31)27-21-5-3-2-4-18(21)12-25(32)33/h6-7,13,18-19,21,30H,2-5,8-12,14-16H2,1H3,(H,27,31)(H,32,33)/t18?,19-,21?/m1/s1. The summed E-state index contributed by atoms with van der Waals surface area (Å²) in [6.07, 6.45) is 3.30. The highest BCUT2D eigenvalue weighted by Gasteiger charge is 2.29. The third-order valence-electron chi connectivity index (χ3n) is 6.90. The molecule has 1 aliphatic carbocycles. The number of hydrogen-bond donors (Lipinski definition) is 3. The third-order valence-corrected chi connectivity index (χ3v) is 7.85. The molecule has 1 aromatic heterocycles. The van der Waals surface area contributed by atoms with E-state index in [2.05, 4.69) is 20.1 Å². The van der Waals surface area contributed by atoms with Gasteiger partial charge in [0, 0.05) is 44.8 Å². The molecule has 2 fully saturated rings. The Morgan fingerprint density at radius 2 is 1.94 bits per heavy atom. The lowest BCUT2D eigenvalue weighted by molar-refractivity contribution is -0.139. The number of aryl methyl sites for hydroxylation is 1. The zero-order valence-electron chi connectivity index (χ0n) is 20.3. The van der Waals surface area contributed by atoms with Crippen LogP contribution in [0, 0.1) is 12.8 Å². The monoisotopic (exact) mass is 504 g/mol. The van der Waals surface area contributed by atoms with E-state index in [1.54, 1.807) is 11.3 Å². The largest absolute Gasteiger partial charge is 0.491 e. The predicted molar refractivity (Wildman–Crippen MR) is 135 cm³/mol. The number of carbonyl (C=O) groups excluding carboxylic acids is 1. The van der Waals surface area contributed by atoms with Gasteiger partial charge in [-0.05, 0) is 37.8 Å². The maximum Gasteiger partial charge on any atom is 0.303 e. The van der Waals surface area contributed by atoms with E-state index in [0.29, 0.717) is 18.8 Å². The lowest BCUT2D eigenvalue weighted by atomic mass is 9.82. The molecular weight excluding hydrogens is 468 g/mol. The number of ether oxygens (including phenoxy) is 1. The third kappa shape index (κ3) is 7.60. The van der Waals surface area contributed by atoms with Crippen molar-refractivity contribution in [3.8, 4) is 5.75 Å². The van der Waals surface area contributed by atoms with Crippen molar-refractivity contribution in [2.45, 2.75) is 51.2 Å². The molecule has 2 aromatic rings. The van der Waals surface area contributed by atoms with Crippen LogP contribution in [0.5, 0.6) is 5.75 Å². The topological polar surface area (TPSA) is 115 Å². The van der Waals surface area contributed by atoms with Crippen LogP contribution in [0.25, 0.3) is 10.2 Å². The number of piperazine rings is 1. The van der Waals surface area contributed by atoms with E-state index in [-0.39, 0.29) is 30.9 Å². The van der Waals surface area contributed by atoms with Crippen molar-refractivity contribution < 1.29 is 24.5 Å². The van der Waals surface area contributed by atoms with Gasteiger partial charge in [0.2, 0.25) is 5.91 Å². The number of nitrogens with zero attached hydrogens (tertiary/aromatic N) is 3. The normalized spacial score (nSPS) is 22.7. The lowest BCUT2D eigenvalue weighted by Crippen LogP contribution is -2.53. The molecule has 192 valence electrons. The van der Waals surface area contributed by atoms with Crippen LogP contribution in [0.1, 0.15) is 37.1 Å². The number of rotatable bonds is 10. The summed E-state index contributed by atoms with van der Waals surface area (Å²) in [5.74, 6) is -0.0866. The fourth-order valence-corrected chi connectivity index (χ4v) is 5.91. The molecule has 4 rings (SSSR count). The Bertz CT molecular complexity index is 1010. The van der Waals surface area contributed by atoms with Gasteiger partial charge in [0.05, 0.1) is 28.2 Å². The van der Waals surface area contributed by atoms with Gasteiger partial charge in [-0.1, -0.05) is 12.8 Å². The summed E-state index contributed by atoms with van der Waals surface area (Å²) in [7, 11) is 0. The van der Waals surface area contributed by atoms with Crippen LogP contribution < -0.4 is 10.1 Å². The Kier molecular flexibility index (Phi) is 8.94. The Labute approximate surface area is 210 Å².